The number of carboxylic acids is 1. The molecule has 1 aromatic rings. The minimum atomic E-state index is -1.06. The largest absolute Gasteiger partial charge is 0.478 e. The molecular weight excluding hydrogens is 244 g/mol. The highest BCUT2D eigenvalue weighted by Crippen LogP contribution is 2.15. The van der Waals surface area contributed by atoms with Crippen molar-refractivity contribution in [3.63, 3.8) is 0 Å². The lowest BCUT2D eigenvalue weighted by atomic mass is 10.2. The average molecular weight is 262 g/mol. The van der Waals surface area contributed by atoms with Crippen molar-refractivity contribution in [3.05, 3.63) is 42.5 Å². The van der Waals surface area contributed by atoms with E-state index < -0.39 is 5.97 Å². The van der Waals surface area contributed by atoms with Gasteiger partial charge in [0.25, 0.3) is 0 Å². The lowest BCUT2D eigenvalue weighted by Crippen LogP contribution is -2.32. The molecule has 0 aliphatic carbocycles. The Morgan fingerprint density at radius 2 is 2.11 bits per heavy atom. The number of hydrogen-bond acceptors (Lipinski definition) is 2. The molecule has 0 fully saturated rings. The molecule has 0 saturated heterocycles. The van der Waals surface area contributed by atoms with Crippen LogP contribution in [0.3, 0.4) is 0 Å². The average Bonchev–Trinajstić information content (AvgIpc) is 2.39. The molecule has 102 valence electrons. The van der Waals surface area contributed by atoms with Crippen molar-refractivity contribution in [2.45, 2.75) is 12.8 Å². The van der Waals surface area contributed by atoms with Crippen LogP contribution in [0.25, 0.3) is 0 Å². The molecule has 0 atom stereocenters. The standard InChI is InChI=1S/C14H18N2O3/c1-3-4-7-10-16(2)14(19)15-12-9-6-5-8-11(12)13(17)18/h3,5-6,8-9H,1,4,7,10H2,2H3,(H,15,19)(H,17,18). The van der Waals surface area contributed by atoms with Gasteiger partial charge in [0.05, 0.1) is 11.3 Å². The van der Waals surface area contributed by atoms with Crippen molar-refractivity contribution in [1.82, 2.24) is 4.90 Å². The van der Waals surface area contributed by atoms with E-state index >= 15 is 0 Å². The van der Waals surface area contributed by atoms with Crippen LogP contribution in [0.2, 0.25) is 0 Å². The maximum absolute atomic E-state index is 11.9. The molecule has 0 spiro atoms. The highest BCUT2D eigenvalue weighted by molar-refractivity contribution is 5.99. The lowest BCUT2D eigenvalue weighted by Gasteiger charge is -2.18. The van der Waals surface area contributed by atoms with Crippen LogP contribution >= 0.6 is 0 Å². The summed E-state index contributed by atoms with van der Waals surface area (Å²) in [5.41, 5.74) is 0.380. The second-order valence-electron chi connectivity index (χ2n) is 4.13. The maximum atomic E-state index is 11.9. The van der Waals surface area contributed by atoms with E-state index in [1.807, 2.05) is 0 Å². The van der Waals surface area contributed by atoms with E-state index in [1.54, 1.807) is 31.3 Å². The van der Waals surface area contributed by atoms with Crippen LogP contribution in [0.5, 0.6) is 0 Å². The summed E-state index contributed by atoms with van der Waals surface area (Å²) in [5.74, 6) is -1.06. The minimum absolute atomic E-state index is 0.0790. The summed E-state index contributed by atoms with van der Waals surface area (Å²) in [4.78, 5) is 24.4. The number of nitrogens with one attached hydrogen (secondary N) is 1. The fourth-order valence-electron chi connectivity index (χ4n) is 1.56. The fourth-order valence-corrected chi connectivity index (χ4v) is 1.56. The van der Waals surface area contributed by atoms with Crippen LogP contribution in [0, 0.1) is 0 Å². The van der Waals surface area contributed by atoms with Crippen molar-refractivity contribution in [1.29, 1.82) is 0 Å². The Labute approximate surface area is 112 Å². The van der Waals surface area contributed by atoms with Gasteiger partial charge in [-0.3, -0.25) is 0 Å². The number of unbranched alkanes of at least 4 members (excludes halogenated alkanes) is 1. The first-order valence-corrected chi connectivity index (χ1v) is 6.01. The van der Waals surface area contributed by atoms with Crippen molar-refractivity contribution >= 4 is 17.7 Å². The molecule has 0 bridgehead atoms. The Hall–Kier alpha value is -2.30. The van der Waals surface area contributed by atoms with E-state index in [1.165, 1.54) is 11.0 Å². The second kappa shape index (κ2) is 7.20. The Morgan fingerprint density at radius 1 is 1.42 bits per heavy atom. The van der Waals surface area contributed by atoms with Crippen LogP contribution in [0.4, 0.5) is 10.5 Å². The summed E-state index contributed by atoms with van der Waals surface area (Å²) in [6.45, 7) is 4.21. The second-order valence-corrected chi connectivity index (χ2v) is 4.13. The number of anilines is 1. The number of carbonyl (C=O) groups is 2. The van der Waals surface area contributed by atoms with Crippen LogP contribution in [-0.2, 0) is 0 Å². The number of aromatic carboxylic acids is 1. The van der Waals surface area contributed by atoms with Gasteiger partial charge in [0, 0.05) is 13.6 Å². The smallest absolute Gasteiger partial charge is 0.337 e. The highest BCUT2D eigenvalue weighted by Gasteiger charge is 2.13. The number of urea groups is 1. The number of rotatable bonds is 6. The molecule has 0 aliphatic heterocycles. The minimum Gasteiger partial charge on any atom is -0.478 e. The highest BCUT2D eigenvalue weighted by atomic mass is 16.4. The number of benzene rings is 1. The first kappa shape index (κ1) is 14.8. The molecule has 0 aromatic heterocycles. The molecule has 5 nitrogen and oxygen atoms in total. The van der Waals surface area contributed by atoms with Crippen molar-refractivity contribution in [2.75, 3.05) is 18.9 Å². The Kier molecular flexibility index (Phi) is 5.60. The predicted octanol–water partition coefficient (Wildman–Crippen LogP) is 2.81. The van der Waals surface area contributed by atoms with Crippen molar-refractivity contribution in [2.24, 2.45) is 0 Å². The topological polar surface area (TPSA) is 69.6 Å². The molecule has 19 heavy (non-hydrogen) atoms. The number of carboxylic acid groups (broad SMARTS) is 1. The van der Waals surface area contributed by atoms with Gasteiger partial charge in [-0.1, -0.05) is 18.2 Å². The van der Waals surface area contributed by atoms with Crippen LogP contribution in [0.15, 0.2) is 36.9 Å². The Bertz CT molecular complexity index is 472. The van der Waals surface area contributed by atoms with Gasteiger partial charge in [-0.25, -0.2) is 9.59 Å². The van der Waals surface area contributed by atoms with Gasteiger partial charge in [-0.15, -0.1) is 6.58 Å². The normalized spacial score (nSPS) is 9.74. The number of carbonyl (C=O) groups excluding carboxylic acids is 1. The molecule has 0 heterocycles. The number of amides is 2. The van der Waals surface area contributed by atoms with Gasteiger partial charge in [0.2, 0.25) is 0 Å². The third-order valence-corrected chi connectivity index (χ3v) is 2.65. The summed E-state index contributed by atoms with van der Waals surface area (Å²) >= 11 is 0. The molecular formula is C14H18N2O3. The van der Waals surface area contributed by atoms with E-state index in [9.17, 15) is 9.59 Å². The molecule has 1 aromatic carbocycles. The predicted molar refractivity (Wildman–Crippen MR) is 74.5 cm³/mol. The third kappa shape index (κ3) is 4.46. The van der Waals surface area contributed by atoms with E-state index in [2.05, 4.69) is 11.9 Å². The molecule has 0 radical (unpaired) electrons. The third-order valence-electron chi connectivity index (χ3n) is 2.65. The molecule has 1 rings (SSSR count). The summed E-state index contributed by atoms with van der Waals surface area (Å²) in [6.07, 6.45) is 3.46. The van der Waals surface area contributed by atoms with Crippen LogP contribution in [-0.4, -0.2) is 35.6 Å². The molecule has 0 aliphatic rings. The molecule has 0 unspecified atom stereocenters. The molecule has 5 heteroatoms. The summed E-state index contributed by atoms with van der Waals surface area (Å²) in [7, 11) is 1.67. The summed E-state index contributed by atoms with van der Waals surface area (Å²) < 4.78 is 0. The summed E-state index contributed by atoms with van der Waals surface area (Å²) in [5, 5.41) is 11.6. The maximum Gasteiger partial charge on any atom is 0.337 e. The molecule has 0 saturated carbocycles. The van der Waals surface area contributed by atoms with Crippen molar-refractivity contribution < 1.29 is 14.7 Å². The monoisotopic (exact) mass is 262 g/mol. The fraction of sp³-hybridized carbons (Fsp3) is 0.286. The van der Waals surface area contributed by atoms with Gasteiger partial charge in [-0.2, -0.15) is 0 Å². The lowest BCUT2D eigenvalue weighted by molar-refractivity contribution is 0.0698. The van der Waals surface area contributed by atoms with E-state index in [4.69, 9.17) is 5.11 Å². The number of para-hydroxylation sites is 1. The zero-order chi connectivity index (χ0) is 14.3. The van der Waals surface area contributed by atoms with Gasteiger partial charge in [-0.05, 0) is 25.0 Å². The molecule has 2 amide bonds. The Balaban J connectivity index is 2.66. The summed E-state index contributed by atoms with van der Waals surface area (Å²) in [6, 6.07) is 6.00. The first-order valence-electron chi connectivity index (χ1n) is 6.01. The molecule has 2 N–H and O–H groups in total. The number of nitrogens with zero attached hydrogens (tertiary/aromatic N) is 1. The first-order chi connectivity index (χ1) is 9.06. The van der Waals surface area contributed by atoms with Gasteiger partial charge in [0.1, 0.15) is 0 Å². The van der Waals surface area contributed by atoms with E-state index in [0.29, 0.717) is 12.2 Å². The van der Waals surface area contributed by atoms with E-state index in [-0.39, 0.29) is 11.6 Å². The van der Waals surface area contributed by atoms with Crippen LogP contribution in [0.1, 0.15) is 23.2 Å². The van der Waals surface area contributed by atoms with E-state index in [0.717, 1.165) is 12.8 Å². The number of hydrogen-bond donors (Lipinski definition) is 2. The zero-order valence-electron chi connectivity index (χ0n) is 10.9. The van der Waals surface area contributed by atoms with Crippen LogP contribution < -0.4 is 5.32 Å². The quantitative estimate of drug-likeness (QED) is 0.611. The number of allylic oxidation sites excluding steroid dienone is 1. The zero-order valence-corrected chi connectivity index (χ0v) is 10.9. The van der Waals surface area contributed by atoms with Gasteiger partial charge in [0.15, 0.2) is 0 Å². The van der Waals surface area contributed by atoms with Gasteiger partial charge >= 0.3 is 12.0 Å². The SMILES string of the molecule is C=CCCCN(C)C(=O)Nc1ccccc1C(=O)O. The van der Waals surface area contributed by atoms with Crippen molar-refractivity contribution in [3.8, 4) is 0 Å². The van der Waals surface area contributed by atoms with Gasteiger partial charge < -0.3 is 15.3 Å². The Morgan fingerprint density at radius 3 is 2.74 bits per heavy atom.